The Balaban J connectivity index is 2.01. The summed E-state index contributed by atoms with van der Waals surface area (Å²) < 4.78 is 25.4. The quantitative estimate of drug-likeness (QED) is 0.714. The number of sulfonamides is 1. The smallest absolute Gasteiger partial charge is 0.227 e. The molecule has 0 aliphatic carbocycles. The van der Waals surface area contributed by atoms with Crippen molar-refractivity contribution < 1.29 is 18.0 Å². The minimum atomic E-state index is -3.24. The lowest BCUT2D eigenvalue weighted by Gasteiger charge is -2.33. The Bertz CT molecular complexity index is 534. The monoisotopic (exact) mass is 331 g/mol. The average Bonchev–Trinajstić information content (AvgIpc) is 2.69. The molecule has 2 aliphatic rings. The van der Waals surface area contributed by atoms with Gasteiger partial charge in [0.15, 0.2) is 0 Å². The van der Waals surface area contributed by atoms with Gasteiger partial charge >= 0.3 is 0 Å². The number of piperidine rings is 1. The summed E-state index contributed by atoms with van der Waals surface area (Å²) in [6, 6.07) is 0. The summed E-state index contributed by atoms with van der Waals surface area (Å²) in [5, 5.41) is 0. The predicted octanol–water partition coefficient (Wildman–Crippen LogP) is -0.261. The Hall–Kier alpha value is -1.15. The molecule has 0 radical (unpaired) electrons. The Labute approximate surface area is 132 Å². The van der Waals surface area contributed by atoms with Crippen LogP contribution in [0.2, 0.25) is 0 Å². The van der Waals surface area contributed by atoms with Gasteiger partial charge in [0.05, 0.1) is 11.7 Å². The fourth-order valence-corrected chi connectivity index (χ4v) is 4.17. The Morgan fingerprint density at radius 2 is 1.95 bits per heavy atom. The van der Waals surface area contributed by atoms with Crippen molar-refractivity contribution in [2.75, 3.05) is 45.5 Å². The Morgan fingerprint density at radius 1 is 1.23 bits per heavy atom. The third kappa shape index (κ3) is 3.78. The summed E-state index contributed by atoms with van der Waals surface area (Å²) in [7, 11) is -1.50. The van der Waals surface area contributed by atoms with E-state index in [1.807, 2.05) is 0 Å². The topological polar surface area (TPSA) is 78.0 Å². The minimum Gasteiger partial charge on any atom is -0.344 e. The molecule has 126 valence electrons. The Morgan fingerprint density at radius 3 is 2.64 bits per heavy atom. The normalized spacial score (nSPS) is 25.2. The highest BCUT2D eigenvalue weighted by Gasteiger charge is 2.34. The lowest BCUT2D eigenvalue weighted by atomic mass is 9.98. The molecule has 0 aromatic rings. The van der Waals surface area contributed by atoms with Crippen LogP contribution in [0.5, 0.6) is 0 Å². The lowest BCUT2D eigenvalue weighted by molar-refractivity contribution is -0.136. The van der Waals surface area contributed by atoms with Crippen LogP contribution in [-0.2, 0) is 19.6 Å². The summed E-state index contributed by atoms with van der Waals surface area (Å²) in [5.74, 6) is -0.182. The maximum Gasteiger partial charge on any atom is 0.227 e. The highest BCUT2D eigenvalue weighted by Crippen LogP contribution is 2.22. The summed E-state index contributed by atoms with van der Waals surface area (Å²) >= 11 is 0. The highest BCUT2D eigenvalue weighted by atomic mass is 32.2. The second-order valence-electron chi connectivity index (χ2n) is 5.99. The molecule has 0 aromatic carbocycles. The molecule has 0 bridgehead atoms. The third-order valence-electron chi connectivity index (χ3n) is 4.53. The van der Waals surface area contributed by atoms with Crippen LogP contribution in [0.25, 0.3) is 0 Å². The van der Waals surface area contributed by atoms with Gasteiger partial charge < -0.3 is 9.80 Å². The molecule has 2 fully saturated rings. The molecule has 2 heterocycles. The molecular weight excluding hydrogens is 306 g/mol. The van der Waals surface area contributed by atoms with E-state index in [4.69, 9.17) is 0 Å². The molecule has 1 unspecified atom stereocenters. The largest absolute Gasteiger partial charge is 0.344 e. The van der Waals surface area contributed by atoms with Crippen molar-refractivity contribution in [2.45, 2.75) is 26.2 Å². The number of hydrogen-bond acceptors (Lipinski definition) is 4. The molecule has 2 saturated heterocycles. The van der Waals surface area contributed by atoms with Gasteiger partial charge in [-0.1, -0.05) is 0 Å². The van der Waals surface area contributed by atoms with Crippen LogP contribution in [0.15, 0.2) is 0 Å². The van der Waals surface area contributed by atoms with E-state index in [2.05, 4.69) is 0 Å². The van der Waals surface area contributed by atoms with Crippen LogP contribution in [0.4, 0.5) is 0 Å². The summed E-state index contributed by atoms with van der Waals surface area (Å²) in [6.07, 6.45) is 1.77. The fourth-order valence-electron chi connectivity index (χ4n) is 2.99. The molecule has 0 spiro atoms. The molecular formula is C14H25N3O4S. The first-order valence-corrected chi connectivity index (χ1v) is 9.46. The van der Waals surface area contributed by atoms with Crippen LogP contribution in [0.1, 0.15) is 26.2 Å². The van der Waals surface area contributed by atoms with Gasteiger partial charge in [0.1, 0.15) is 0 Å². The molecule has 2 rings (SSSR count). The first kappa shape index (κ1) is 17.2. The van der Waals surface area contributed by atoms with E-state index in [9.17, 15) is 18.0 Å². The standard InChI is InChI=1S/C14H25N3O4S/c1-3-22(20,21)17-7-4-5-12(11-17)14(19)16-8-6-13(18)15(2)9-10-16/h12H,3-11H2,1-2H3. The maximum atomic E-state index is 12.7. The number of nitrogens with zero attached hydrogens (tertiary/aromatic N) is 3. The molecule has 22 heavy (non-hydrogen) atoms. The molecule has 0 N–H and O–H groups in total. The molecule has 7 nitrogen and oxygen atoms in total. The van der Waals surface area contributed by atoms with Gasteiger partial charge in [-0.2, -0.15) is 0 Å². The predicted molar refractivity (Wildman–Crippen MR) is 82.6 cm³/mol. The van der Waals surface area contributed by atoms with Gasteiger partial charge in [-0.15, -0.1) is 0 Å². The zero-order valence-electron chi connectivity index (χ0n) is 13.3. The van der Waals surface area contributed by atoms with Crippen molar-refractivity contribution in [3.05, 3.63) is 0 Å². The molecule has 0 saturated carbocycles. The van der Waals surface area contributed by atoms with E-state index in [0.717, 1.165) is 6.42 Å². The molecule has 1 atom stereocenters. The molecule has 2 aliphatic heterocycles. The van der Waals surface area contributed by atoms with E-state index in [0.29, 0.717) is 39.0 Å². The van der Waals surface area contributed by atoms with E-state index in [1.165, 1.54) is 4.31 Å². The van der Waals surface area contributed by atoms with Crippen LogP contribution in [0.3, 0.4) is 0 Å². The van der Waals surface area contributed by atoms with Gasteiger partial charge in [-0.3, -0.25) is 9.59 Å². The lowest BCUT2D eigenvalue weighted by Crippen LogP contribution is -2.47. The maximum absolute atomic E-state index is 12.7. The zero-order valence-corrected chi connectivity index (χ0v) is 14.1. The number of carbonyl (C=O) groups is 2. The second kappa shape index (κ2) is 6.95. The van der Waals surface area contributed by atoms with Crippen molar-refractivity contribution in [3.8, 4) is 0 Å². The van der Waals surface area contributed by atoms with Gasteiger partial charge in [-0.05, 0) is 19.8 Å². The van der Waals surface area contributed by atoms with Crippen molar-refractivity contribution in [3.63, 3.8) is 0 Å². The number of likely N-dealkylation sites (N-methyl/N-ethyl adjacent to an activating group) is 1. The SMILES string of the molecule is CCS(=O)(=O)N1CCCC(C(=O)N2CCC(=O)N(C)CC2)C1. The van der Waals surface area contributed by atoms with Crippen LogP contribution < -0.4 is 0 Å². The van der Waals surface area contributed by atoms with Gasteiger partial charge in [0.2, 0.25) is 21.8 Å². The van der Waals surface area contributed by atoms with Gasteiger partial charge in [0, 0.05) is 46.2 Å². The number of amides is 2. The number of rotatable bonds is 3. The van der Waals surface area contributed by atoms with E-state index >= 15 is 0 Å². The first-order valence-electron chi connectivity index (χ1n) is 7.85. The van der Waals surface area contributed by atoms with Crippen molar-refractivity contribution >= 4 is 21.8 Å². The summed E-state index contributed by atoms with van der Waals surface area (Å²) in [4.78, 5) is 27.7. The highest BCUT2D eigenvalue weighted by molar-refractivity contribution is 7.89. The molecule has 8 heteroatoms. The number of carbonyl (C=O) groups excluding carboxylic acids is 2. The van der Waals surface area contributed by atoms with E-state index in [-0.39, 0.29) is 30.0 Å². The average molecular weight is 331 g/mol. The number of hydrogen-bond donors (Lipinski definition) is 0. The fraction of sp³-hybridized carbons (Fsp3) is 0.857. The first-order chi connectivity index (χ1) is 10.3. The minimum absolute atomic E-state index is 0.0147. The third-order valence-corrected chi connectivity index (χ3v) is 6.38. The van der Waals surface area contributed by atoms with E-state index < -0.39 is 10.0 Å². The van der Waals surface area contributed by atoms with Crippen LogP contribution >= 0.6 is 0 Å². The second-order valence-corrected chi connectivity index (χ2v) is 8.25. The van der Waals surface area contributed by atoms with E-state index in [1.54, 1.807) is 23.8 Å². The zero-order chi connectivity index (χ0) is 16.3. The van der Waals surface area contributed by atoms with Crippen LogP contribution in [0, 0.1) is 5.92 Å². The summed E-state index contributed by atoms with van der Waals surface area (Å²) in [5.41, 5.74) is 0. The molecule has 2 amide bonds. The van der Waals surface area contributed by atoms with Gasteiger partial charge in [0.25, 0.3) is 0 Å². The molecule has 0 aromatic heterocycles. The van der Waals surface area contributed by atoms with Crippen molar-refractivity contribution in [2.24, 2.45) is 5.92 Å². The Kier molecular flexibility index (Phi) is 5.44. The summed E-state index contributed by atoms with van der Waals surface area (Å²) in [6.45, 7) is 3.89. The van der Waals surface area contributed by atoms with Gasteiger partial charge in [-0.25, -0.2) is 12.7 Å². The van der Waals surface area contributed by atoms with Crippen molar-refractivity contribution in [1.29, 1.82) is 0 Å². The van der Waals surface area contributed by atoms with Crippen LogP contribution in [-0.4, -0.2) is 79.9 Å². The van der Waals surface area contributed by atoms with Crippen molar-refractivity contribution in [1.82, 2.24) is 14.1 Å².